The van der Waals surface area contributed by atoms with Crippen molar-refractivity contribution in [2.75, 3.05) is 19.0 Å². The van der Waals surface area contributed by atoms with Gasteiger partial charge in [0.15, 0.2) is 11.5 Å². The number of fused-ring (bicyclic) bond motifs is 1. The SMILES string of the molecule is CC(Cc1ccc2c(c1)OC(CCl)CO2)N1CC(c2cccc(Cl)c2)OC1=O. The zero-order chi connectivity index (χ0) is 19.7. The van der Waals surface area contributed by atoms with E-state index in [1.54, 1.807) is 11.0 Å². The fourth-order valence-electron chi connectivity index (χ4n) is 3.53. The van der Waals surface area contributed by atoms with Crippen molar-refractivity contribution in [1.29, 1.82) is 0 Å². The van der Waals surface area contributed by atoms with E-state index in [-0.39, 0.29) is 24.3 Å². The van der Waals surface area contributed by atoms with Crippen molar-refractivity contribution >= 4 is 29.3 Å². The third-order valence-electron chi connectivity index (χ3n) is 5.02. The second-order valence-corrected chi connectivity index (χ2v) is 7.86. The van der Waals surface area contributed by atoms with Crippen LogP contribution in [-0.4, -0.2) is 42.2 Å². The summed E-state index contributed by atoms with van der Waals surface area (Å²) in [4.78, 5) is 14.2. The number of ether oxygens (including phenoxy) is 3. The Morgan fingerprint density at radius 3 is 2.82 bits per heavy atom. The highest BCUT2D eigenvalue weighted by Gasteiger charge is 2.35. The Labute approximate surface area is 174 Å². The van der Waals surface area contributed by atoms with Crippen molar-refractivity contribution in [3.8, 4) is 11.5 Å². The van der Waals surface area contributed by atoms with Gasteiger partial charge in [0.25, 0.3) is 0 Å². The van der Waals surface area contributed by atoms with Gasteiger partial charge < -0.3 is 19.1 Å². The van der Waals surface area contributed by atoms with Crippen molar-refractivity contribution in [2.45, 2.75) is 31.6 Å². The summed E-state index contributed by atoms with van der Waals surface area (Å²) in [5.41, 5.74) is 1.96. The molecule has 0 aliphatic carbocycles. The summed E-state index contributed by atoms with van der Waals surface area (Å²) in [7, 11) is 0. The molecule has 0 N–H and O–H groups in total. The third-order valence-corrected chi connectivity index (χ3v) is 5.60. The Balaban J connectivity index is 1.44. The zero-order valence-electron chi connectivity index (χ0n) is 15.4. The number of carbonyl (C=O) groups excluding carboxylic acids is 1. The minimum absolute atomic E-state index is 0.0249. The van der Waals surface area contributed by atoms with Gasteiger partial charge in [0.2, 0.25) is 0 Å². The number of cyclic esters (lactones) is 1. The first-order chi connectivity index (χ1) is 13.5. The molecule has 3 atom stereocenters. The van der Waals surface area contributed by atoms with Crippen LogP contribution in [0.25, 0.3) is 0 Å². The van der Waals surface area contributed by atoms with E-state index in [1.807, 2.05) is 43.3 Å². The molecule has 0 saturated carbocycles. The van der Waals surface area contributed by atoms with Crippen LogP contribution in [0.4, 0.5) is 4.79 Å². The lowest BCUT2D eigenvalue weighted by molar-refractivity contribution is 0.106. The van der Waals surface area contributed by atoms with Crippen LogP contribution >= 0.6 is 23.2 Å². The monoisotopic (exact) mass is 421 g/mol. The number of amides is 1. The number of rotatable bonds is 5. The van der Waals surface area contributed by atoms with Crippen molar-refractivity contribution in [2.24, 2.45) is 0 Å². The van der Waals surface area contributed by atoms with E-state index >= 15 is 0 Å². The fraction of sp³-hybridized carbons (Fsp3) is 0.381. The van der Waals surface area contributed by atoms with Crippen molar-refractivity contribution < 1.29 is 19.0 Å². The summed E-state index contributed by atoms with van der Waals surface area (Å²) >= 11 is 11.9. The van der Waals surface area contributed by atoms with Gasteiger partial charge in [-0.2, -0.15) is 0 Å². The van der Waals surface area contributed by atoms with E-state index in [0.717, 1.165) is 16.9 Å². The van der Waals surface area contributed by atoms with E-state index in [9.17, 15) is 4.79 Å². The molecule has 1 fully saturated rings. The minimum Gasteiger partial charge on any atom is -0.486 e. The van der Waals surface area contributed by atoms with Gasteiger partial charge in [0, 0.05) is 11.1 Å². The normalized spacial score (nSPS) is 22.1. The Kier molecular flexibility index (Phi) is 5.56. The minimum atomic E-state index is -0.308. The number of alkyl halides is 1. The summed E-state index contributed by atoms with van der Waals surface area (Å²) in [6.07, 6.45) is -0.0796. The largest absolute Gasteiger partial charge is 0.486 e. The molecule has 2 aliphatic rings. The molecule has 0 bridgehead atoms. The molecule has 1 amide bonds. The Morgan fingerprint density at radius 1 is 1.18 bits per heavy atom. The number of hydrogen-bond acceptors (Lipinski definition) is 4. The van der Waals surface area contributed by atoms with Gasteiger partial charge in [-0.15, -0.1) is 11.6 Å². The molecule has 0 aromatic heterocycles. The molecule has 2 aliphatic heterocycles. The fourth-order valence-corrected chi connectivity index (χ4v) is 3.89. The van der Waals surface area contributed by atoms with Crippen LogP contribution in [0.5, 0.6) is 11.5 Å². The highest BCUT2D eigenvalue weighted by atomic mass is 35.5. The highest BCUT2D eigenvalue weighted by molar-refractivity contribution is 6.30. The molecule has 0 radical (unpaired) electrons. The van der Waals surface area contributed by atoms with Crippen molar-refractivity contribution in [3.05, 3.63) is 58.6 Å². The van der Waals surface area contributed by atoms with Crippen molar-refractivity contribution in [3.63, 3.8) is 0 Å². The van der Waals surface area contributed by atoms with Crippen LogP contribution in [0, 0.1) is 0 Å². The average molecular weight is 422 g/mol. The molecule has 1 saturated heterocycles. The van der Waals surface area contributed by atoms with Gasteiger partial charge in [0.1, 0.15) is 18.8 Å². The van der Waals surface area contributed by atoms with E-state index in [4.69, 9.17) is 37.4 Å². The summed E-state index contributed by atoms with van der Waals surface area (Å²) in [6.45, 7) is 2.97. The van der Waals surface area contributed by atoms with Crippen LogP contribution in [0.15, 0.2) is 42.5 Å². The summed E-state index contributed by atoms with van der Waals surface area (Å²) in [6, 6.07) is 13.3. The predicted octanol–water partition coefficient (Wildman–Crippen LogP) is 4.84. The molecule has 7 heteroatoms. The quantitative estimate of drug-likeness (QED) is 0.647. The molecule has 3 unspecified atom stereocenters. The van der Waals surface area contributed by atoms with Gasteiger partial charge >= 0.3 is 6.09 Å². The molecule has 0 spiro atoms. The first-order valence-corrected chi connectivity index (χ1v) is 10.2. The molecule has 2 aromatic carbocycles. The molecular weight excluding hydrogens is 401 g/mol. The highest BCUT2D eigenvalue weighted by Crippen LogP contribution is 2.34. The first-order valence-electron chi connectivity index (χ1n) is 9.24. The molecule has 148 valence electrons. The van der Waals surface area contributed by atoms with E-state index < -0.39 is 0 Å². The van der Waals surface area contributed by atoms with Crippen LogP contribution < -0.4 is 9.47 Å². The second kappa shape index (κ2) is 8.10. The lowest BCUT2D eigenvalue weighted by atomic mass is 10.0. The summed E-state index contributed by atoms with van der Waals surface area (Å²) in [5, 5.41) is 0.631. The molecule has 2 aromatic rings. The Hall–Kier alpha value is -2.11. The maximum atomic E-state index is 12.4. The smallest absolute Gasteiger partial charge is 0.410 e. The lowest BCUT2D eigenvalue weighted by Crippen LogP contribution is -2.35. The van der Waals surface area contributed by atoms with Crippen LogP contribution in [0.1, 0.15) is 24.2 Å². The average Bonchev–Trinajstić information content (AvgIpc) is 3.09. The number of nitrogens with zero attached hydrogens (tertiary/aromatic N) is 1. The molecule has 5 nitrogen and oxygen atoms in total. The maximum absolute atomic E-state index is 12.4. The molecular formula is C21H21Cl2NO4. The zero-order valence-corrected chi connectivity index (χ0v) is 16.9. The standard InChI is InChI=1S/C21H21Cl2NO4/c1-13(7-14-5-6-18-19(8-14)27-17(10-22)12-26-18)24-11-20(28-21(24)25)15-3-2-4-16(23)9-15/h2-6,8-9,13,17,20H,7,10-12H2,1H3. The summed E-state index contributed by atoms with van der Waals surface area (Å²) in [5.74, 6) is 1.80. The summed E-state index contributed by atoms with van der Waals surface area (Å²) < 4.78 is 17.1. The second-order valence-electron chi connectivity index (χ2n) is 7.12. The molecule has 4 rings (SSSR count). The van der Waals surface area contributed by atoms with Crippen LogP contribution in [0.3, 0.4) is 0 Å². The van der Waals surface area contributed by atoms with E-state index in [0.29, 0.717) is 36.2 Å². The Morgan fingerprint density at radius 2 is 2.04 bits per heavy atom. The maximum Gasteiger partial charge on any atom is 0.410 e. The van der Waals surface area contributed by atoms with Gasteiger partial charge in [-0.25, -0.2) is 4.79 Å². The predicted molar refractivity (Wildman–Crippen MR) is 108 cm³/mol. The van der Waals surface area contributed by atoms with Gasteiger partial charge in [-0.1, -0.05) is 29.8 Å². The van der Waals surface area contributed by atoms with Crippen LogP contribution in [0.2, 0.25) is 5.02 Å². The lowest BCUT2D eigenvalue weighted by Gasteiger charge is -2.26. The third kappa shape index (κ3) is 4.01. The number of carbonyl (C=O) groups is 1. The topological polar surface area (TPSA) is 48.0 Å². The number of halogens is 2. The number of benzene rings is 2. The van der Waals surface area contributed by atoms with Gasteiger partial charge in [-0.05, 0) is 48.7 Å². The van der Waals surface area contributed by atoms with Crippen molar-refractivity contribution in [1.82, 2.24) is 4.90 Å². The van der Waals surface area contributed by atoms with E-state index in [1.165, 1.54) is 0 Å². The Bertz CT molecular complexity index is 875. The van der Waals surface area contributed by atoms with Gasteiger partial charge in [0.05, 0.1) is 12.4 Å². The molecule has 28 heavy (non-hydrogen) atoms. The number of hydrogen-bond donors (Lipinski definition) is 0. The first kappa shape index (κ1) is 19.2. The van der Waals surface area contributed by atoms with E-state index in [2.05, 4.69) is 0 Å². The van der Waals surface area contributed by atoms with Crippen LogP contribution in [-0.2, 0) is 11.2 Å². The van der Waals surface area contributed by atoms with Gasteiger partial charge in [-0.3, -0.25) is 0 Å². The molecule has 2 heterocycles.